The largest absolute Gasteiger partial charge is 0.398 e. The Kier molecular flexibility index (Phi) is 5.50. The van der Waals surface area contributed by atoms with Gasteiger partial charge in [0.15, 0.2) is 0 Å². The number of carbonyl (C=O) groups is 2. The van der Waals surface area contributed by atoms with Crippen molar-refractivity contribution in [3.05, 3.63) is 53.7 Å². The maximum Gasteiger partial charge on any atom is 0.326 e. The molecule has 2 aliphatic heterocycles. The monoisotopic (exact) mass is 451 g/mol. The third-order valence-corrected chi connectivity index (χ3v) is 6.19. The van der Waals surface area contributed by atoms with Crippen LogP contribution in [0.25, 0.3) is 0 Å². The summed E-state index contributed by atoms with van der Waals surface area (Å²) in [6.45, 7) is 3.71. The second kappa shape index (κ2) is 8.60. The number of aromatic nitrogens is 3. The van der Waals surface area contributed by atoms with Crippen LogP contribution in [0.3, 0.4) is 0 Å². The molecule has 5 rings (SSSR count). The van der Waals surface area contributed by atoms with Crippen molar-refractivity contribution in [1.29, 1.82) is 0 Å². The number of fused-ring (bicyclic) bond motifs is 1. The molecule has 1 saturated heterocycles. The summed E-state index contributed by atoms with van der Waals surface area (Å²) < 4.78 is 5.57. The van der Waals surface area contributed by atoms with Crippen molar-refractivity contribution >= 4 is 41.0 Å². The third-order valence-electron chi connectivity index (χ3n) is 5.46. The van der Waals surface area contributed by atoms with Gasteiger partial charge in [-0.25, -0.2) is 0 Å². The number of carbonyl (C=O) groups excluding carboxylic acids is 2. The fourth-order valence-corrected chi connectivity index (χ4v) is 4.26. The first-order chi connectivity index (χ1) is 15.6. The number of rotatable bonds is 5. The Bertz CT molecular complexity index is 1180. The van der Waals surface area contributed by atoms with Crippen molar-refractivity contribution < 1.29 is 14.0 Å². The maximum absolute atomic E-state index is 12.8. The van der Waals surface area contributed by atoms with Gasteiger partial charge in [-0.05, 0) is 30.0 Å². The van der Waals surface area contributed by atoms with E-state index in [9.17, 15) is 9.59 Å². The van der Waals surface area contributed by atoms with Crippen LogP contribution in [0.2, 0.25) is 0 Å². The van der Waals surface area contributed by atoms with Gasteiger partial charge in [0, 0.05) is 42.8 Å². The molecule has 0 bridgehead atoms. The molecule has 0 radical (unpaired) electrons. The summed E-state index contributed by atoms with van der Waals surface area (Å²) >= 11 is 1.57. The highest BCUT2D eigenvalue weighted by Gasteiger charge is 2.33. The van der Waals surface area contributed by atoms with Gasteiger partial charge in [0.25, 0.3) is 5.91 Å². The summed E-state index contributed by atoms with van der Waals surface area (Å²) in [5, 5.41) is 13.9. The fourth-order valence-electron chi connectivity index (χ4n) is 3.82. The molecule has 2 N–H and O–H groups in total. The van der Waals surface area contributed by atoms with E-state index in [1.54, 1.807) is 24.2 Å². The second-order valence-corrected chi connectivity index (χ2v) is 8.27. The smallest absolute Gasteiger partial charge is 0.326 e. The van der Waals surface area contributed by atoms with Gasteiger partial charge < -0.3 is 20.0 Å². The Morgan fingerprint density at radius 1 is 1.22 bits per heavy atom. The van der Waals surface area contributed by atoms with Crippen LogP contribution in [0.15, 0.2) is 46.0 Å². The number of hydrogen-bond acceptors (Lipinski definition) is 9. The first-order valence-electron chi connectivity index (χ1n) is 10.2. The number of piperazine rings is 1. The van der Waals surface area contributed by atoms with Gasteiger partial charge in [0.05, 0.1) is 24.1 Å². The average Bonchev–Trinajstić information content (AvgIpc) is 3.45. The molecule has 0 aliphatic carbocycles. The molecule has 2 aliphatic rings. The molecule has 10 nitrogen and oxygen atoms in total. The fraction of sp³-hybridized carbons (Fsp3) is 0.286. The van der Waals surface area contributed by atoms with Crippen LogP contribution in [-0.4, -0.2) is 59.4 Å². The molecule has 32 heavy (non-hydrogen) atoms. The zero-order valence-corrected chi connectivity index (χ0v) is 18.2. The summed E-state index contributed by atoms with van der Waals surface area (Å²) in [6, 6.07) is 7.60. The van der Waals surface area contributed by atoms with E-state index in [0.717, 1.165) is 42.3 Å². The molecule has 1 fully saturated rings. The lowest BCUT2D eigenvalue weighted by Gasteiger charge is -2.30. The van der Waals surface area contributed by atoms with Crippen molar-refractivity contribution in [3.8, 4) is 0 Å². The van der Waals surface area contributed by atoms with E-state index in [4.69, 9.17) is 4.42 Å². The molecule has 2 aromatic heterocycles. The number of anilines is 3. The topological polar surface area (TPSA) is 116 Å². The van der Waals surface area contributed by atoms with Crippen molar-refractivity contribution in [2.75, 3.05) is 47.6 Å². The van der Waals surface area contributed by atoms with Crippen LogP contribution < -0.4 is 20.4 Å². The normalized spacial score (nSPS) is 15.7. The summed E-state index contributed by atoms with van der Waals surface area (Å²) in [5.41, 5.74) is 2.93. The zero-order chi connectivity index (χ0) is 22.1. The molecule has 0 atom stereocenters. The molecule has 4 heterocycles. The van der Waals surface area contributed by atoms with Crippen LogP contribution in [0, 0.1) is 0 Å². The van der Waals surface area contributed by atoms with E-state index in [1.807, 2.05) is 30.5 Å². The van der Waals surface area contributed by atoms with E-state index in [2.05, 4.69) is 30.7 Å². The molecule has 0 saturated carbocycles. The van der Waals surface area contributed by atoms with Crippen molar-refractivity contribution in [3.63, 3.8) is 0 Å². The van der Waals surface area contributed by atoms with Crippen LogP contribution in [-0.2, 0) is 6.54 Å². The van der Waals surface area contributed by atoms with Gasteiger partial charge in [-0.2, -0.15) is 0 Å². The van der Waals surface area contributed by atoms with Crippen molar-refractivity contribution in [1.82, 2.24) is 20.5 Å². The van der Waals surface area contributed by atoms with Gasteiger partial charge >= 0.3 is 17.8 Å². The molecule has 1 aromatic carbocycles. The number of nitrogens with one attached hydrogen (secondary N) is 2. The summed E-state index contributed by atoms with van der Waals surface area (Å²) in [5.74, 6) is -0.995. The number of nitrogens with zero attached hydrogens (tertiary/aromatic N) is 5. The summed E-state index contributed by atoms with van der Waals surface area (Å²) in [4.78, 5) is 34.3. The SMILES string of the molecule is CSc1ccc2c(c1)C(=O)N(c1nnc(C(=O)Nc3cnccc3N3CCNCC3)o1)C2. The highest BCUT2D eigenvalue weighted by molar-refractivity contribution is 7.98. The molecular weight excluding hydrogens is 430 g/mol. The summed E-state index contributed by atoms with van der Waals surface area (Å²) in [6.07, 6.45) is 5.24. The quantitative estimate of drug-likeness (QED) is 0.562. The minimum atomic E-state index is -0.554. The minimum Gasteiger partial charge on any atom is -0.398 e. The average molecular weight is 452 g/mol. The molecule has 0 spiro atoms. The standard InChI is InChI=1S/C21H21N7O3S/c1-32-14-3-2-13-12-28(20(30)15(13)10-14)21-26-25-19(31-21)18(29)24-16-11-23-5-4-17(16)27-8-6-22-7-9-27/h2-5,10-11,22H,6-9,12H2,1H3,(H,24,29). The molecular formula is C21H21N7O3S. The molecule has 2 amide bonds. The maximum atomic E-state index is 12.8. The first-order valence-corrected chi connectivity index (χ1v) is 11.4. The highest BCUT2D eigenvalue weighted by atomic mass is 32.2. The van der Waals surface area contributed by atoms with Gasteiger partial charge in [-0.1, -0.05) is 11.2 Å². The lowest BCUT2D eigenvalue weighted by atomic mass is 10.1. The number of thioether (sulfide) groups is 1. The van der Waals surface area contributed by atoms with Gasteiger partial charge in [0.2, 0.25) is 0 Å². The predicted molar refractivity (Wildman–Crippen MR) is 120 cm³/mol. The molecule has 11 heteroatoms. The Balaban J connectivity index is 1.33. The Labute approximate surface area is 188 Å². The zero-order valence-electron chi connectivity index (χ0n) is 17.4. The number of hydrogen-bond donors (Lipinski definition) is 2. The Hall–Kier alpha value is -3.44. The van der Waals surface area contributed by atoms with E-state index in [0.29, 0.717) is 17.8 Å². The summed E-state index contributed by atoms with van der Waals surface area (Å²) in [7, 11) is 0. The number of amides is 2. The molecule has 164 valence electrons. The van der Waals surface area contributed by atoms with Crippen LogP contribution in [0.4, 0.5) is 17.4 Å². The van der Waals surface area contributed by atoms with Gasteiger partial charge in [-0.3, -0.25) is 19.5 Å². The second-order valence-electron chi connectivity index (χ2n) is 7.39. The lowest BCUT2D eigenvalue weighted by Crippen LogP contribution is -2.43. The van der Waals surface area contributed by atoms with Gasteiger partial charge in [-0.15, -0.1) is 16.9 Å². The van der Waals surface area contributed by atoms with E-state index >= 15 is 0 Å². The van der Waals surface area contributed by atoms with Crippen molar-refractivity contribution in [2.45, 2.75) is 11.4 Å². The Morgan fingerprint density at radius 2 is 2.06 bits per heavy atom. The highest BCUT2D eigenvalue weighted by Crippen LogP contribution is 2.31. The van der Waals surface area contributed by atoms with Gasteiger partial charge in [0.1, 0.15) is 0 Å². The Morgan fingerprint density at radius 3 is 2.88 bits per heavy atom. The number of pyridine rings is 1. The van der Waals surface area contributed by atoms with Crippen LogP contribution in [0.1, 0.15) is 26.6 Å². The predicted octanol–water partition coefficient (Wildman–Crippen LogP) is 2.01. The van der Waals surface area contributed by atoms with Crippen molar-refractivity contribution in [2.24, 2.45) is 0 Å². The third kappa shape index (κ3) is 3.80. The van der Waals surface area contributed by atoms with Crippen LogP contribution in [0.5, 0.6) is 0 Å². The van der Waals surface area contributed by atoms with E-state index < -0.39 is 5.91 Å². The lowest BCUT2D eigenvalue weighted by molar-refractivity contribution is 0.0971. The molecule has 0 unspecified atom stereocenters. The van der Waals surface area contributed by atoms with Crippen LogP contribution >= 0.6 is 11.8 Å². The molecule has 3 aromatic rings. The number of benzene rings is 1. The van der Waals surface area contributed by atoms with E-state index in [1.165, 1.54) is 4.90 Å². The van der Waals surface area contributed by atoms with E-state index in [-0.39, 0.29) is 17.8 Å². The first kappa shape index (κ1) is 20.5. The minimum absolute atomic E-state index is 0.00411.